The molecule has 2 bridgehead atoms. The summed E-state index contributed by atoms with van der Waals surface area (Å²) in [5.41, 5.74) is 0.605. The van der Waals surface area contributed by atoms with Crippen LogP contribution in [-0.2, 0) is 0 Å². The minimum absolute atomic E-state index is 0.0972. The Morgan fingerprint density at radius 2 is 2.14 bits per heavy atom. The molecular weight excluding hydrogens is 314 g/mol. The first kappa shape index (κ1) is 14.4. The highest BCUT2D eigenvalue weighted by Gasteiger charge is 2.36. The molecule has 0 unspecified atom stereocenters. The molecule has 2 aromatic heterocycles. The van der Waals surface area contributed by atoms with E-state index in [-0.39, 0.29) is 5.91 Å². The van der Waals surface area contributed by atoms with Gasteiger partial charge in [-0.3, -0.25) is 9.69 Å². The third-order valence-corrected chi connectivity index (χ3v) is 6.77. The van der Waals surface area contributed by atoms with E-state index < -0.39 is 0 Å². The van der Waals surface area contributed by atoms with E-state index in [1.54, 1.807) is 22.7 Å². The van der Waals surface area contributed by atoms with Crippen LogP contribution in [-0.4, -0.2) is 52.9 Å². The number of hydrogen-bond donors (Lipinski definition) is 0. The number of thiazole rings is 1. The molecule has 4 heterocycles. The van der Waals surface area contributed by atoms with Crippen molar-refractivity contribution in [3.63, 3.8) is 0 Å². The van der Waals surface area contributed by atoms with Gasteiger partial charge in [-0.1, -0.05) is 6.07 Å². The van der Waals surface area contributed by atoms with Gasteiger partial charge in [-0.15, -0.1) is 22.7 Å². The summed E-state index contributed by atoms with van der Waals surface area (Å²) < 4.78 is 0. The van der Waals surface area contributed by atoms with Crippen molar-refractivity contribution >= 4 is 28.6 Å². The molecule has 0 radical (unpaired) electrons. The van der Waals surface area contributed by atoms with Gasteiger partial charge in [-0.2, -0.15) is 0 Å². The molecule has 116 valence electrons. The molecule has 2 aromatic rings. The summed E-state index contributed by atoms with van der Waals surface area (Å²) in [6.07, 6.45) is 3.57. The molecule has 0 aliphatic carbocycles. The van der Waals surface area contributed by atoms with E-state index in [1.807, 2.05) is 21.7 Å². The van der Waals surface area contributed by atoms with E-state index in [0.29, 0.717) is 17.8 Å². The average Bonchev–Trinajstić information content (AvgIpc) is 3.21. The highest BCUT2D eigenvalue weighted by molar-refractivity contribution is 7.20. The molecule has 2 fully saturated rings. The number of rotatable bonds is 2. The summed E-state index contributed by atoms with van der Waals surface area (Å²) in [6, 6.07) is 5.24. The number of carbonyl (C=O) groups excluding carboxylic acids is 1. The van der Waals surface area contributed by atoms with Crippen LogP contribution < -0.4 is 0 Å². The van der Waals surface area contributed by atoms with Gasteiger partial charge in [0.15, 0.2) is 0 Å². The fourth-order valence-electron chi connectivity index (χ4n) is 3.54. The molecule has 4 rings (SSSR count). The van der Waals surface area contributed by atoms with Crippen LogP contribution in [0.3, 0.4) is 0 Å². The molecule has 22 heavy (non-hydrogen) atoms. The van der Waals surface area contributed by atoms with Crippen molar-refractivity contribution in [1.82, 2.24) is 14.8 Å². The molecule has 4 nitrogen and oxygen atoms in total. The van der Waals surface area contributed by atoms with Crippen LogP contribution >= 0.6 is 22.7 Å². The second-order valence-electron chi connectivity index (χ2n) is 6.11. The van der Waals surface area contributed by atoms with Crippen molar-refractivity contribution in [2.75, 3.05) is 20.1 Å². The summed E-state index contributed by atoms with van der Waals surface area (Å²) in [6.45, 7) is 1.70. The van der Waals surface area contributed by atoms with Gasteiger partial charge < -0.3 is 4.90 Å². The number of amides is 1. The number of carbonyl (C=O) groups is 1. The monoisotopic (exact) mass is 333 g/mol. The maximum Gasteiger partial charge on any atom is 0.273 e. The summed E-state index contributed by atoms with van der Waals surface area (Å²) in [5.74, 6) is 0.0972. The number of aromatic nitrogens is 1. The lowest BCUT2D eigenvalue weighted by molar-refractivity contribution is 0.0735. The van der Waals surface area contributed by atoms with Gasteiger partial charge in [0.2, 0.25) is 0 Å². The lowest BCUT2D eigenvalue weighted by atomic mass is 10.1. The van der Waals surface area contributed by atoms with Gasteiger partial charge in [0.05, 0.1) is 4.88 Å². The fraction of sp³-hybridized carbons (Fsp3) is 0.500. The summed E-state index contributed by atoms with van der Waals surface area (Å²) in [4.78, 5) is 22.9. The number of likely N-dealkylation sites (tertiary alicyclic amines) is 1. The lowest BCUT2D eigenvalue weighted by Crippen LogP contribution is -2.39. The van der Waals surface area contributed by atoms with Crippen LogP contribution in [0.15, 0.2) is 22.9 Å². The van der Waals surface area contributed by atoms with Gasteiger partial charge in [0.25, 0.3) is 5.91 Å². The normalized spacial score (nSPS) is 25.4. The number of likely N-dealkylation sites (N-methyl/N-ethyl adjacent to an activating group) is 1. The molecule has 0 N–H and O–H groups in total. The molecule has 2 saturated heterocycles. The third-order valence-electron chi connectivity index (χ3n) is 4.89. The van der Waals surface area contributed by atoms with Crippen molar-refractivity contribution in [3.05, 3.63) is 28.6 Å². The van der Waals surface area contributed by atoms with Crippen LogP contribution in [0.1, 0.15) is 29.8 Å². The topological polar surface area (TPSA) is 36.4 Å². The smallest absolute Gasteiger partial charge is 0.273 e. The van der Waals surface area contributed by atoms with Crippen LogP contribution in [0.5, 0.6) is 0 Å². The summed E-state index contributed by atoms with van der Waals surface area (Å²) in [5, 5.41) is 4.90. The van der Waals surface area contributed by atoms with Crippen LogP contribution in [0.25, 0.3) is 9.88 Å². The standard InChI is InChI=1S/C16H19N3OS2/c1-18-11-4-5-12(18)9-19(7-6-11)16(20)13-10-22-15(17-13)14-3-2-8-21-14/h2-3,8,10-12H,4-7,9H2,1H3/t11-,12+/m0/s1. The third kappa shape index (κ3) is 2.49. The predicted octanol–water partition coefficient (Wildman–Crippen LogP) is 3.18. The van der Waals surface area contributed by atoms with Crippen molar-refractivity contribution in [1.29, 1.82) is 0 Å². The molecule has 2 aliphatic rings. The Kier molecular flexibility index (Phi) is 3.76. The van der Waals surface area contributed by atoms with E-state index in [1.165, 1.54) is 12.8 Å². The van der Waals surface area contributed by atoms with Crippen molar-refractivity contribution < 1.29 is 4.79 Å². The quantitative estimate of drug-likeness (QED) is 0.847. The van der Waals surface area contributed by atoms with Crippen molar-refractivity contribution in [3.8, 4) is 9.88 Å². The molecule has 2 atom stereocenters. The van der Waals surface area contributed by atoms with Gasteiger partial charge in [0.1, 0.15) is 10.7 Å². The molecular formula is C16H19N3OS2. The first-order chi connectivity index (χ1) is 10.7. The number of thiophene rings is 1. The Balaban J connectivity index is 1.52. The molecule has 0 saturated carbocycles. The fourth-order valence-corrected chi connectivity index (χ4v) is 5.15. The minimum atomic E-state index is 0.0972. The molecule has 1 amide bonds. The van der Waals surface area contributed by atoms with Crippen molar-refractivity contribution in [2.24, 2.45) is 0 Å². The second-order valence-corrected chi connectivity index (χ2v) is 7.91. The number of hydrogen-bond acceptors (Lipinski definition) is 5. The summed E-state index contributed by atoms with van der Waals surface area (Å²) >= 11 is 3.23. The molecule has 0 spiro atoms. The highest BCUT2D eigenvalue weighted by Crippen LogP contribution is 2.31. The zero-order valence-corrected chi connectivity index (χ0v) is 14.2. The van der Waals surface area contributed by atoms with Gasteiger partial charge in [-0.05, 0) is 37.8 Å². The first-order valence-electron chi connectivity index (χ1n) is 7.73. The number of nitrogens with zero attached hydrogens (tertiary/aromatic N) is 3. The SMILES string of the molecule is CN1[C@H]2CC[C@@H]1CN(C(=O)c1csc(-c3cccs3)n1)CC2. The maximum absolute atomic E-state index is 12.8. The number of fused-ring (bicyclic) bond motifs is 2. The minimum Gasteiger partial charge on any atom is -0.336 e. The van der Waals surface area contributed by atoms with E-state index in [4.69, 9.17) is 0 Å². The molecule has 2 aliphatic heterocycles. The Hall–Kier alpha value is -1.24. The van der Waals surface area contributed by atoms with Gasteiger partial charge in [0, 0.05) is 30.6 Å². The molecule has 0 aromatic carbocycles. The van der Waals surface area contributed by atoms with Crippen LogP contribution in [0, 0.1) is 0 Å². The van der Waals surface area contributed by atoms with E-state index in [9.17, 15) is 4.79 Å². The zero-order valence-electron chi connectivity index (χ0n) is 12.6. The Labute approximate surface area is 138 Å². The second kappa shape index (κ2) is 5.76. The van der Waals surface area contributed by atoms with Crippen molar-refractivity contribution in [2.45, 2.75) is 31.3 Å². The van der Waals surface area contributed by atoms with Gasteiger partial charge in [-0.25, -0.2) is 4.98 Å². The average molecular weight is 333 g/mol. The summed E-state index contributed by atoms with van der Waals surface area (Å²) in [7, 11) is 2.20. The van der Waals surface area contributed by atoms with Gasteiger partial charge >= 0.3 is 0 Å². The van der Waals surface area contributed by atoms with E-state index >= 15 is 0 Å². The predicted molar refractivity (Wildman–Crippen MR) is 90.5 cm³/mol. The van der Waals surface area contributed by atoms with Crippen LogP contribution in [0.4, 0.5) is 0 Å². The molecule has 6 heteroatoms. The highest BCUT2D eigenvalue weighted by atomic mass is 32.1. The Bertz CT molecular complexity index is 667. The largest absolute Gasteiger partial charge is 0.336 e. The first-order valence-corrected chi connectivity index (χ1v) is 9.49. The zero-order chi connectivity index (χ0) is 15.1. The Morgan fingerprint density at radius 1 is 1.27 bits per heavy atom. The van der Waals surface area contributed by atoms with E-state index in [0.717, 1.165) is 29.4 Å². The van der Waals surface area contributed by atoms with Crippen LogP contribution in [0.2, 0.25) is 0 Å². The maximum atomic E-state index is 12.8. The lowest BCUT2D eigenvalue weighted by Gasteiger charge is -2.25. The Morgan fingerprint density at radius 3 is 2.95 bits per heavy atom. The van der Waals surface area contributed by atoms with E-state index in [2.05, 4.69) is 23.0 Å².